The first-order valence-corrected chi connectivity index (χ1v) is 8.19. The van der Waals surface area contributed by atoms with Gasteiger partial charge in [0.1, 0.15) is 6.33 Å². The molecular formula is C18H16ClN5O2. The Kier molecular flexibility index (Phi) is 5.28. The van der Waals surface area contributed by atoms with Crippen molar-refractivity contribution < 1.29 is 4.92 Å². The van der Waals surface area contributed by atoms with Crippen LogP contribution in [0.15, 0.2) is 60.9 Å². The van der Waals surface area contributed by atoms with Crippen LogP contribution >= 0.6 is 11.6 Å². The Morgan fingerprint density at radius 2 is 1.92 bits per heavy atom. The van der Waals surface area contributed by atoms with Crippen LogP contribution in [0.3, 0.4) is 0 Å². The molecule has 0 spiro atoms. The molecule has 3 aromatic rings. The summed E-state index contributed by atoms with van der Waals surface area (Å²) in [5.41, 5.74) is 1.44. The summed E-state index contributed by atoms with van der Waals surface area (Å²) in [4.78, 5) is 21.1. The largest absolute Gasteiger partial charge is 0.353 e. The van der Waals surface area contributed by atoms with Gasteiger partial charge in [-0.25, -0.2) is 9.97 Å². The van der Waals surface area contributed by atoms with E-state index in [1.54, 1.807) is 36.2 Å². The minimum Gasteiger partial charge on any atom is -0.349 e. The summed E-state index contributed by atoms with van der Waals surface area (Å²) < 4.78 is 0. The molecule has 3 rings (SSSR count). The van der Waals surface area contributed by atoms with Gasteiger partial charge >= 0.3 is 5.69 Å². The molecule has 0 aliphatic heterocycles. The number of hydrogen-bond donors (Lipinski definition) is 1. The summed E-state index contributed by atoms with van der Waals surface area (Å²) in [5.74, 6) is 0.348. The summed E-state index contributed by atoms with van der Waals surface area (Å²) in [6.07, 6.45) is 1.30. The predicted octanol–water partition coefficient (Wildman–Crippen LogP) is 4.42. The van der Waals surface area contributed by atoms with Gasteiger partial charge < -0.3 is 10.2 Å². The number of benzene rings is 2. The zero-order valence-electron chi connectivity index (χ0n) is 14.0. The van der Waals surface area contributed by atoms with Gasteiger partial charge in [0.2, 0.25) is 11.6 Å². The Hall–Kier alpha value is -3.19. The van der Waals surface area contributed by atoms with Crippen LogP contribution in [0.2, 0.25) is 5.02 Å². The van der Waals surface area contributed by atoms with Gasteiger partial charge in [0.15, 0.2) is 0 Å². The van der Waals surface area contributed by atoms with Crippen molar-refractivity contribution in [3.05, 3.63) is 81.6 Å². The second-order valence-electron chi connectivity index (χ2n) is 5.63. The molecule has 0 saturated heterocycles. The maximum absolute atomic E-state index is 11.7. The molecule has 0 unspecified atom stereocenters. The smallest absolute Gasteiger partial charge is 0.349 e. The first-order chi connectivity index (χ1) is 12.5. The highest BCUT2D eigenvalue weighted by atomic mass is 35.5. The maximum atomic E-state index is 11.7. The lowest BCUT2D eigenvalue weighted by Crippen LogP contribution is -2.20. The van der Waals surface area contributed by atoms with Gasteiger partial charge in [0.05, 0.1) is 4.92 Å². The second-order valence-corrected chi connectivity index (χ2v) is 6.07. The van der Waals surface area contributed by atoms with Gasteiger partial charge in [-0.15, -0.1) is 0 Å². The Morgan fingerprint density at radius 1 is 1.15 bits per heavy atom. The summed E-state index contributed by atoms with van der Waals surface area (Å²) in [6.45, 7) is 0.481. The first kappa shape index (κ1) is 17.6. The third-order valence-electron chi connectivity index (χ3n) is 3.70. The molecule has 0 aliphatic rings. The number of halogens is 1. The molecule has 0 saturated carbocycles. The predicted molar refractivity (Wildman–Crippen MR) is 102 cm³/mol. The lowest BCUT2D eigenvalue weighted by molar-refractivity contribution is -0.383. The van der Waals surface area contributed by atoms with Crippen molar-refractivity contribution in [3.8, 4) is 0 Å². The van der Waals surface area contributed by atoms with Crippen molar-refractivity contribution in [2.75, 3.05) is 17.3 Å². The van der Waals surface area contributed by atoms with E-state index in [0.29, 0.717) is 17.3 Å². The van der Waals surface area contributed by atoms with E-state index in [1.807, 2.05) is 30.3 Å². The fourth-order valence-electron chi connectivity index (χ4n) is 2.54. The highest BCUT2D eigenvalue weighted by molar-refractivity contribution is 6.30. The van der Waals surface area contributed by atoms with E-state index in [2.05, 4.69) is 15.3 Å². The van der Waals surface area contributed by atoms with Crippen molar-refractivity contribution in [1.82, 2.24) is 9.97 Å². The van der Waals surface area contributed by atoms with Crippen molar-refractivity contribution in [3.63, 3.8) is 0 Å². The Morgan fingerprint density at radius 3 is 2.62 bits per heavy atom. The molecule has 132 valence electrons. The van der Waals surface area contributed by atoms with Gasteiger partial charge in [0, 0.05) is 24.3 Å². The number of aromatic nitrogens is 2. The normalized spacial score (nSPS) is 10.4. The van der Waals surface area contributed by atoms with E-state index in [9.17, 15) is 10.1 Å². The topological polar surface area (TPSA) is 84.2 Å². The van der Waals surface area contributed by atoms with Crippen LogP contribution in [0.1, 0.15) is 5.56 Å². The number of nitrogens with one attached hydrogen (secondary N) is 1. The van der Waals surface area contributed by atoms with Gasteiger partial charge in [-0.3, -0.25) is 10.1 Å². The summed E-state index contributed by atoms with van der Waals surface area (Å²) in [6, 6.07) is 16.6. The van der Waals surface area contributed by atoms with E-state index in [0.717, 1.165) is 5.56 Å². The van der Waals surface area contributed by atoms with Gasteiger partial charge in [-0.2, -0.15) is 0 Å². The molecule has 0 radical (unpaired) electrons. The molecule has 0 bridgehead atoms. The molecule has 0 atom stereocenters. The first-order valence-electron chi connectivity index (χ1n) is 7.81. The molecule has 1 aromatic heterocycles. The molecular weight excluding hydrogens is 354 g/mol. The molecule has 26 heavy (non-hydrogen) atoms. The Balaban J connectivity index is 1.94. The van der Waals surface area contributed by atoms with Crippen molar-refractivity contribution in [1.29, 1.82) is 0 Å². The minimum atomic E-state index is -0.482. The van der Waals surface area contributed by atoms with Crippen LogP contribution in [0.4, 0.5) is 23.0 Å². The monoisotopic (exact) mass is 369 g/mol. The number of hydrogen-bond acceptors (Lipinski definition) is 6. The Labute approximate surface area is 155 Å². The van der Waals surface area contributed by atoms with E-state index < -0.39 is 4.92 Å². The highest BCUT2D eigenvalue weighted by Gasteiger charge is 2.25. The number of rotatable bonds is 6. The van der Waals surface area contributed by atoms with Crippen LogP contribution in [-0.2, 0) is 6.54 Å². The van der Waals surface area contributed by atoms with Crippen molar-refractivity contribution in [2.45, 2.75) is 6.54 Å². The van der Waals surface area contributed by atoms with Crippen LogP contribution < -0.4 is 10.2 Å². The van der Waals surface area contributed by atoms with Crippen molar-refractivity contribution >= 4 is 34.6 Å². The summed E-state index contributed by atoms with van der Waals surface area (Å²) >= 11 is 5.97. The quantitative estimate of drug-likeness (QED) is 0.511. The lowest BCUT2D eigenvalue weighted by Gasteiger charge is -2.19. The average molecular weight is 370 g/mol. The van der Waals surface area contributed by atoms with E-state index in [-0.39, 0.29) is 17.3 Å². The Bertz CT molecular complexity index is 920. The molecule has 0 aliphatic carbocycles. The van der Waals surface area contributed by atoms with Gasteiger partial charge in [-0.1, -0.05) is 48.0 Å². The summed E-state index contributed by atoms with van der Waals surface area (Å²) in [5, 5.41) is 15.2. The van der Waals surface area contributed by atoms with Crippen LogP contribution in [0.25, 0.3) is 0 Å². The molecule has 7 nitrogen and oxygen atoms in total. The minimum absolute atomic E-state index is 0.113. The third kappa shape index (κ3) is 4.07. The zero-order chi connectivity index (χ0) is 18.5. The van der Waals surface area contributed by atoms with E-state index >= 15 is 0 Å². The van der Waals surface area contributed by atoms with E-state index in [4.69, 9.17) is 11.6 Å². The SMILES string of the molecule is CN(Cc1ccccc1)c1ncnc(Nc2cccc(Cl)c2)c1[N+](=O)[O-]. The van der Waals surface area contributed by atoms with Crippen LogP contribution in [0, 0.1) is 10.1 Å². The molecule has 0 amide bonds. The maximum Gasteiger partial charge on any atom is 0.353 e. The number of nitro groups is 1. The summed E-state index contributed by atoms with van der Waals surface area (Å²) in [7, 11) is 1.76. The van der Waals surface area contributed by atoms with Crippen molar-refractivity contribution in [2.24, 2.45) is 0 Å². The van der Waals surface area contributed by atoms with Crippen LogP contribution in [0.5, 0.6) is 0 Å². The second kappa shape index (κ2) is 7.79. The molecule has 8 heteroatoms. The molecule has 1 N–H and O–H groups in total. The fourth-order valence-corrected chi connectivity index (χ4v) is 2.73. The van der Waals surface area contributed by atoms with Gasteiger partial charge in [0.25, 0.3) is 0 Å². The van der Waals surface area contributed by atoms with Crippen LogP contribution in [-0.4, -0.2) is 21.9 Å². The molecule has 2 aromatic carbocycles. The average Bonchev–Trinajstić information content (AvgIpc) is 2.62. The molecule has 1 heterocycles. The number of anilines is 3. The zero-order valence-corrected chi connectivity index (χ0v) is 14.7. The number of nitrogens with zero attached hydrogens (tertiary/aromatic N) is 4. The fraction of sp³-hybridized carbons (Fsp3) is 0.111. The third-order valence-corrected chi connectivity index (χ3v) is 3.93. The highest BCUT2D eigenvalue weighted by Crippen LogP contribution is 2.33. The van der Waals surface area contributed by atoms with Gasteiger partial charge in [-0.05, 0) is 23.8 Å². The standard InChI is InChI=1S/C18H16ClN5O2/c1-23(11-13-6-3-2-4-7-13)18-16(24(25)26)17(20-12-21-18)22-15-9-5-8-14(19)10-15/h2-10,12H,11H2,1H3,(H,20,21,22). The lowest BCUT2D eigenvalue weighted by atomic mass is 10.2. The molecule has 0 fully saturated rings. The van der Waals surface area contributed by atoms with E-state index in [1.165, 1.54) is 6.33 Å².